The average molecular weight is 731 g/mol. The Kier molecular flexibility index (Phi) is 34.6. The molecule has 0 bridgehead atoms. The van der Waals surface area contributed by atoms with E-state index in [2.05, 4.69) is 13.8 Å². The molecule has 0 saturated carbocycles. The van der Waals surface area contributed by atoms with Crippen LogP contribution in [0.5, 0.6) is 0 Å². The van der Waals surface area contributed by atoms with Gasteiger partial charge in [-0.15, -0.1) is 0 Å². The van der Waals surface area contributed by atoms with Crippen molar-refractivity contribution >= 4 is 22.0 Å². The second-order valence-corrected chi connectivity index (χ2v) is 16.4. The van der Waals surface area contributed by atoms with Gasteiger partial charge in [-0.25, -0.2) is 8.37 Å². The highest BCUT2D eigenvalue weighted by atomic mass is 32.3. The lowest BCUT2D eigenvalue weighted by Gasteiger charge is -2.26. The van der Waals surface area contributed by atoms with Crippen LogP contribution in [0.2, 0.25) is 0 Å². The molecule has 0 amide bonds. The fourth-order valence-electron chi connectivity index (χ4n) is 6.63. The largest absolute Gasteiger partial charge is 0.399 e. The zero-order valence-corrected chi connectivity index (χ0v) is 34.1. The Labute approximate surface area is 310 Å². The number of ketones is 2. The summed E-state index contributed by atoms with van der Waals surface area (Å²) in [6, 6.07) is 0. The molecule has 0 aromatic heterocycles. The summed E-state index contributed by atoms with van der Waals surface area (Å²) in [7, 11) is -4.37. The summed E-state index contributed by atoms with van der Waals surface area (Å²) in [5.74, 6) is -0.493. The smallest absolute Gasteiger partial charge is 0.396 e. The van der Waals surface area contributed by atoms with Crippen molar-refractivity contribution in [2.45, 2.75) is 233 Å². The second kappa shape index (κ2) is 35.2. The van der Waals surface area contributed by atoms with Crippen molar-refractivity contribution in [1.29, 1.82) is 0 Å². The summed E-state index contributed by atoms with van der Waals surface area (Å²) in [5.41, 5.74) is -1.51. The molecule has 0 aromatic rings. The van der Waals surface area contributed by atoms with Crippen LogP contribution in [0.4, 0.5) is 0 Å². The van der Waals surface area contributed by atoms with E-state index in [1.54, 1.807) is 0 Å². The van der Waals surface area contributed by atoms with E-state index in [-0.39, 0.29) is 44.0 Å². The Morgan fingerprint density at radius 2 is 0.740 bits per heavy atom. The van der Waals surface area contributed by atoms with Crippen LogP contribution in [0, 0.1) is 5.41 Å². The molecule has 0 aliphatic carbocycles. The van der Waals surface area contributed by atoms with E-state index in [0.29, 0.717) is 12.8 Å². The minimum Gasteiger partial charge on any atom is -0.396 e. The maximum atomic E-state index is 13.4. The van der Waals surface area contributed by atoms with Crippen LogP contribution in [0.3, 0.4) is 0 Å². The predicted octanol–water partition coefficient (Wildman–Crippen LogP) is 12.3. The zero-order valence-electron chi connectivity index (χ0n) is 33.3. The third-order valence-electron chi connectivity index (χ3n) is 10.3. The van der Waals surface area contributed by atoms with E-state index in [1.807, 2.05) is 0 Å². The number of rotatable bonds is 41. The summed E-state index contributed by atoms with van der Waals surface area (Å²) in [6.45, 7) is 5.10. The SMILES string of the molecule is CCCCCCCCCCCCCCCCCC(=O)C(C)(COS(=O)(=O)OCCCO)C(=O)CCCCCCCCCCCCCCCCC. The number of carbonyl (C=O) groups excluding carboxylic acids is 2. The van der Waals surface area contributed by atoms with Gasteiger partial charge in [0, 0.05) is 19.4 Å². The van der Waals surface area contributed by atoms with Gasteiger partial charge >= 0.3 is 10.4 Å². The van der Waals surface area contributed by atoms with Gasteiger partial charge < -0.3 is 5.11 Å². The molecule has 0 spiro atoms. The molecule has 298 valence electrons. The maximum Gasteiger partial charge on any atom is 0.399 e. The van der Waals surface area contributed by atoms with E-state index < -0.39 is 22.4 Å². The Balaban J connectivity index is 4.40. The number of hydrogen-bond acceptors (Lipinski definition) is 7. The summed E-state index contributed by atoms with van der Waals surface area (Å²) >= 11 is 0. The Morgan fingerprint density at radius 3 is 1.02 bits per heavy atom. The molecule has 50 heavy (non-hydrogen) atoms. The van der Waals surface area contributed by atoms with E-state index >= 15 is 0 Å². The van der Waals surface area contributed by atoms with E-state index in [0.717, 1.165) is 38.5 Å². The molecule has 1 N–H and O–H groups in total. The molecule has 0 saturated heterocycles. The summed E-state index contributed by atoms with van der Waals surface area (Å²) < 4.78 is 34.4. The first-order valence-electron chi connectivity index (χ1n) is 21.4. The highest BCUT2D eigenvalue weighted by Gasteiger charge is 2.41. The summed E-state index contributed by atoms with van der Waals surface area (Å²) in [4.78, 5) is 26.8. The topological polar surface area (TPSA) is 107 Å². The van der Waals surface area contributed by atoms with Crippen LogP contribution in [0.15, 0.2) is 0 Å². The number of carbonyl (C=O) groups is 2. The zero-order chi connectivity index (χ0) is 37.0. The molecule has 0 atom stereocenters. The van der Waals surface area contributed by atoms with Crippen LogP contribution in [-0.2, 0) is 28.4 Å². The van der Waals surface area contributed by atoms with E-state index in [1.165, 1.54) is 148 Å². The second-order valence-electron chi connectivity index (χ2n) is 15.1. The average Bonchev–Trinajstić information content (AvgIpc) is 3.10. The van der Waals surface area contributed by atoms with Crippen molar-refractivity contribution in [2.75, 3.05) is 19.8 Å². The minimum absolute atomic E-state index is 0.149. The van der Waals surface area contributed by atoms with Crippen molar-refractivity contribution < 1.29 is 31.5 Å². The lowest BCUT2D eigenvalue weighted by atomic mass is 9.78. The van der Waals surface area contributed by atoms with Gasteiger partial charge in [-0.3, -0.25) is 9.59 Å². The van der Waals surface area contributed by atoms with Crippen molar-refractivity contribution in [3.8, 4) is 0 Å². The summed E-state index contributed by atoms with van der Waals surface area (Å²) in [5, 5.41) is 8.92. The first-order chi connectivity index (χ1) is 24.2. The van der Waals surface area contributed by atoms with Crippen LogP contribution in [0.1, 0.15) is 233 Å². The monoisotopic (exact) mass is 731 g/mol. The fraction of sp³-hybridized carbons (Fsp3) is 0.952. The highest BCUT2D eigenvalue weighted by Crippen LogP contribution is 2.28. The van der Waals surface area contributed by atoms with Gasteiger partial charge in [-0.2, -0.15) is 8.42 Å². The molecule has 8 heteroatoms. The fourth-order valence-corrected chi connectivity index (χ4v) is 7.40. The molecule has 0 aliphatic rings. The van der Waals surface area contributed by atoms with Crippen LogP contribution in [0.25, 0.3) is 0 Å². The van der Waals surface area contributed by atoms with Crippen molar-refractivity contribution in [1.82, 2.24) is 0 Å². The van der Waals surface area contributed by atoms with Gasteiger partial charge in [0.2, 0.25) is 0 Å². The molecule has 0 unspecified atom stereocenters. The quantitative estimate of drug-likeness (QED) is 0.0493. The molecular weight excluding hydrogens is 649 g/mol. The first kappa shape index (κ1) is 49.2. The number of aliphatic hydroxyl groups excluding tert-OH is 1. The third kappa shape index (κ3) is 29.7. The van der Waals surface area contributed by atoms with Crippen molar-refractivity contribution in [3.63, 3.8) is 0 Å². The number of Topliss-reactive ketones (excluding diaryl/α,β-unsaturated/α-hetero) is 2. The maximum absolute atomic E-state index is 13.4. The van der Waals surface area contributed by atoms with Gasteiger partial charge in [-0.05, 0) is 26.2 Å². The van der Waals surface area contributed by atoms with Crippen LogP contribution >= 0.6 is 0 Å². The highest BCUT2D eigenvalue weighted by molar-refractivity contribution is 7.81. The lowest BCUT2D eigenvalue weighted by Crippen LogP contribution is -2.41. The standard InChI is InChI=1S/C42H82O7S/c1-4-6-8-10-12-14-16-18-20-22-24-26-28-30-32-35-40(44)42(3,39-49-50(46,47)48-38-34-37-43)41(45)36-33-31-29-27-25-23-21-19-17-15-13-11-9-7-5-2/h43H,4-39H2,1-3H3. The lowest BCUT2D eigenvalue weighted by molar-refractivity contribution is -0.142. The molecule has 0 fully saturated rings. The van der Waals surface area contributed by atoms with Crippen LogP contribution < -0.4 is 0 Å². The minimum atomic E-state index is -4.37. The van der Waals surface area contributed by atoms with Gasteiger partial charge in [0.1, 0.15) is 17.0 Å². The van der Waals surface area contributed by atoms with Gasteiger partial charge in [0.25, 0.3) is 0 Å². The Bertz CT molecular complexity index is 827. The van der Waals surface area contributed by atoms with Crippen molar-refractivity contribution in [2.24, 2.45) is 5.41 Å². The van der Waals surface area contributed by atoms with E-state index in [9.17, 15) is 18.0 Å². The molecule has 7 nitrogen and oxygen atoms in total. The Hall–Kier alpha value is -0.830. The summed E-state index contributed by atoms with van der Waals surface area (Å²) in [6.07, 6.45) is 37.7. The number of unbranched alkanes of at least 4 members (excludes halogenated alkanes) is 28. The van der Waals surface area contributed by atoms with E-state index in [4.69, 9.17) is 13.5 Å². The first-order valence-corrected chi connectivity index (χ1v) is 22.8. The Morgan fingerprint density at radius 1 is 0.460 bits per heavy atom. The van der Waals surface area contributed by atoms with Crippen LogP contribution in [-0.4, -0.2) is 44.9 Å². The molecule has 0 rings (SSSR count). The van der Waals surface area contributed by atoms with Gasteiger partial charge in [0.05, 0.1) is 13.2 Å². The number of hydrogen-bond donors (Lipinski definition) is 1. The predicted molar refractivity (Wildman–Crippen MR) is 210 cm³/mol. The number of aliphatic hydroxyl groups is 1. The van der Waals surface area contributed by atoms with Gasteiger partial charge in [-0.1, -0.05) is 194 Å². The third-order valence-corrected chi connectivity index (χ3v) is 11.1. The molecule has 0 heterocycles. The molecule has 0 radical (unpaired) electrons. The molecule has 0 aromatic carbocycles. The van der Waals surface area contributed by atoms with Crippen molar-refractivity contribution in [3.05, 3.63) is 0 Å². The molecular formula is C42H82O7S. The molecule has 0 aliphatic heterocycles. The van der Waals surface area contributed by atoms with Gasteiger partial charge in [0.15, 0.2) is 0 Å². The normalized spacial score (nSPS) is 12.2.